The van der Waals surface area contributed by atoms with Crippen LogP contribution in [0.5, 0.6) is 0 Å². The van der Waals surface area contributed by atoms with Crippen molar-refractivity contribution in [2.75, 3.05) is 0 Å². The first-order valence-electron chi connectivity index (χ1n) is 13.0. The Morgan fingerprint density at radius 3 is 2.34 bits per heavy atom. The molecule has 4 rings (SSSR count). The van der Waals surface area contributed by atoms with Gasteiger partial charge in [0.1, 0.15) is 0 Å². The molecule has 0 aromatic heterocycles. The van der Waals surface area contributed by atoms with E-state index >= 15 is 0 Å². The van der Waals surface area contributed by atoms with Crippen LogP contribution in [0.4, 0.5) is 0 Å². The maximum atomic E-state index is 11.6. The van der Waals surface area contributed by atoms with Gasteiger partial charge in [-0.05, 0) is 85.9 Å². The smallest absolute Gasteiger partial charge is 0.0961 e. The number of rotatable bonds is 5. The number of aliphatic hydroxyl groups excluding tert-OH is 1. The van der Waals surface area contributed by atoms with Crippen molar-refractivity contribution < 1.29 is 10.2 Å². The summed E-state index contributed by atoms with van der Waals surface area (Å²) in [5.74, 6) is 4.51. The van der Waals surface area contributed by atoms with Crippen molar-refractivity contribution in [1.29, 1.82) is 0 Å². The lowest BCUT2D eigenvalue weighted by molar-refractivity contribution is -0.253. The standard InChI is InChI=1S/C27H48O2/c1-18(2)9-8-10-19(3)21-11-12-22-20-17-24(28)27(29)15-7-6-14-26(27,5)23(20)13-16-25(21,22)4/h18-24,28-29H,6-17H2,1-5H3/t19-,20+,21+,22-,23-,24+,25-,26-,27+/m1/s1. The van der Waals surface area contributed by atoms with Gasteiger partial charge in [0.25, 0.3) is 0 Å². The van der Waals surface area contributed by atoms with E-state index in [1.54, 1.807) is 0 Å². The maximum Gasteiger partial charge on any atom is 0.0961 e. The Labute approximate surface area is 180 Å². The van der Waals surface area contributed by atoms with E-state index in [1.165, 1.54) is 51.4 Å². The van der Waals surface area contributed by atoms with Crippen molar-refractivity contribution in [3.63, 3.8) is 0 Å². The predicted octanol–water partition coefficient (Wildman–Crippen LogP) is 6.58. The fourth-order valence-electron chi connectivity index (χ4n) is 9.33. The minimum atomic E-state index is -0.831. The van der Waals surface area contributed by atoms with Crippen LogP contribution in [-0.4, -0.2) is 21.9 Å². The quantitative estimate of drug-likeness (QED) is 0.543. The molecule has 29 heavy (non-hydrogen) atoms. The molecule has 2 heteroatoms. The van der Waals surface area contributed by atoms with Gasteiger partial charge < -0.3 is 10.2 Å². The lowest BCUT2D eigenvalue weighted by Crippen LogP contribution is -2.67. The molecule has 0 radical (unpaired) electrons. The molecule has 0 spiro atoms. The molecular formula is C27H48O2. The lowest BCUT2D eigenvalue weighted by Gasteiger charge is -2.65. The summed E-state index contributed by atoms with van der Waals surface area (Å²) in [5, 5.41) is 22.8. The van der Waals surface area contributed by atoms with Crippen molar-refractivity contribution in [3.8, 4) is 0 Å². The third-order valence-electron chi connectivity index (χ3n) is 11.0. The maximum absolute atomic E-state index is 11.6. The average Bonchev–Trinajstić information content (AvgIpc) is 3.01. The van der Waals surface area contributed by atoms with Crippen LogP contribution in [0.3, 0.4) is 0 Å². The minimum Gasteiger partial charge on any atom is -0.390 e. The fourth-order valence-corrected chi connectivity index (χ4v) is 9.33. The van der Waals surface area contributed by atoms with Gasteiger partial charge in [0.2, 0.25) is 0 Å². The zero-order chi connectivity index (χ0) is 21.0. The summed E-state index contributed by atoms with van der Waals surface area (Å²) in [6.07, 6.45) is 14.1. The first-order chi connectivity index (χ1) is 13.6. The van der Waals surface area contributed by atoms with Gasteiger partial charge in [-0.25, -0.2) is 0 Å². The summed E-state index contributed by atoms with van der Waals surface area (Å²) in [5.41, 5.74) is -0.448. The molecule has 2 N–H and O–H groups in total. The molecule has 0 aromatic carbocycles. The van der Waals surface area contributed by atoms with E-state index in [4.69, 9.17) is 0 Å². The fraction of sp³-hybridized carbons (Fsp3) is 1.00. The van der Waals surface area contributed by atoms with Crippen molar-refractivity contribution in [2.45, 2.75) is 123 Å². The summed E-state index contributed by atoms with van der Waals surface area (Å²) in [6, 6.07) is 0. The SMILES string of the molecule is CC(C)CCC[C@@H](C)[C@@H]1CC[C@@H]2[C@@H]3C[C@H](O)[C@@]4(O)CCCC[C@]4(C)[C@@H]3CC[C@@]21C. The number of aliphatic hydroxyl groups is 2. The monoisotopic (exact) mass is 404 g/mol. The molecule has 0 amide bonds. The van der Waals surface area contributed by atoms with Crippen LogP contribution in [-0.2, 0) is 0 Å². The van der Waals surface area contributed by atoms with E-state index in [0.717, 1.165) is 49.4 Å². The molecule has 4 fully saturated rings. The van der Waals surface area contributed by atoms with Gasteiger partial charge in [-0.3, -0.25) is 0 Å². The minimum absolute atomic E-state index is 0.0735. The van der Waals surface area contributed by atoms with E-state index < -0.39 is 11.7 Å². The molecule has 0 unspecified atom stereocenters. The second kappa shape index (κ2) is 7.80. The van der Waals surface area contributed by atoms with Crippen LogP contribution in [0.25, 0.3) is 0 Å². The summed E-state index contributed by atoms with van der Waals surface area (Å²) < 4.78 is 0. The Bertz CT molecular complexity index is 587. The molecule has 0 aromatic rings. The molecule has 0 aliphatic heterocycles. The number of hydrogen-bond acceptors (Lipinski definition) is 2. The molecule has 2 nitrogen and oxygen atoms in total. The van der Waals surface area contributed by atoms with E-state index in [-0.39, 0.29) is 5.41 Å². The van der Waals surface area contributed by atoms with Crippen LogP contribution >= 0.6 is 0 Å². The Morgan fingerprint density at radius 1 is 0.897 bits per heavy atom. The van der Waals surface area contributed by atoms with Gasteiger partial charge in [0.05, 0.1) is 11.7 Å². The van der Waals surface area contributed by atoms with E-state index in [1.807, 2.05) is 0 Å². The summed E-state index contributed by atoms with van der Waals surface area (Å²) in [4.78, 5) is 0. The van der Waals surface area contributed by atoms with Crippen molar-refractivity contribution >= 4 is 0 Å². The molecule has 168 valence electrons. The molecule has 4 aliphatic rings. The van der Waals surface area contributed by atoms with Crippen LogP contribution in [0.1, 0.15) is 112 Å². The van der Waals surface area contributed by atoms with Crippen LogP contribution < -0.4 is 0 Å². The Hall–Kier alpha value is -0.0800. The van der Waals surface area contributed by atoms with Gasteiger partial charge in [0.15, 0.2) is 0 Å². The molecule has 4 aliphatic carbocycles. The predicted molar refractivity (Wildman–Crippen MR) is 121 cm³/mol. The Kier molecular flexibility index (Phi) is 5.95. The van der Waals surface area contributed by atoms with Gasteiger partial charge >= 0.3 is 0 Å². The molecule has 9 atom stereocenters. The van der Waals surface area contributed by atoms with Crippen molar-refractivity contribution in [3.05, 3.63) is 0 Å². The zero-order valence-electron chi connectivity index (χ0n) is 19.9. The summed E-state index contributed by atoms with van der Waals surface area (Å²) in [7, 11) is 0. The van der Waals surface area contributed by atoms with Crippen LogP contribution in [0.2, 0.25) is 0 Å². The highest BCUT2D eigenvalue weighted by molar-refractivity contribution is 5.16. The molecule has 4 saturated carbocycles. The van der Waals surface area contributed by atoms with Gasteiger partial charge in [0, 0.05) is 5.41 Å². The highest BCUT2D eigenvalue weighted by atomic mass is 16.3. The summed E-state index contributed by atoms with van der Waals surface area (Å²) >= 11 is 0. The first kappa shape index (κ1) is 22.1. The van der Waals surface area contributed by atoms with Crippen LogP contribution in [0.15, 0.2) is 0 Å². The number of hydrogen-bond donors (Lipinski definition) is 2. The lowest BCUT2D eigenvalue weighted by atomic mass is 9.42. The second-order valence-electron chi connectivity index (χ2n) is 12.7. The third kappa shape index (κ3) is 3.34. The largest absolute Gasteiger partial charge is 0.390 e. The van der Waals surface area contributed by atoms with Gasteiger partial charge in [-0.15, -0.1) is 0 Å². The van der Waals surface area contributed by atoms with Crippen molar-refractivity contribution in [1.82, 2.24) is 0 Å². The van der Waals surface area contributed by atoms with E-state index in [9.17, 15) is 10.2 Å². The first-order valence-corrected chi connectivity index (χ1v) is 13.0. The van der Waals surface area contributed by atoms with E-state index in [0.29, 0.717) is 17.3 Å². The van der Waals surface area contributed by atoms with Crippen molar-refractivity contribution in [2.24, 2.45) is 46.3 Å². The van der Waals surface area contributed by atoms with Gasteiger partial charge in [-0.1, -0.05) is 66.7 Å². The van der Waals surface area contributed by atoms with Gasteiger partial charge in [-0.2, -0.15) is 0 Å². The van der Waals surface area contributed by atoms with Crippen LogP contribution in [0, 0.1) is 46.3 Å². The highest BCUT2D eigenvalue weighted by Crippen LogP contribution is 2.69. The Morgan fingerprint density at radius 2 is 1.62 bits per heavy atom. The normalized spacial score (nSPS) is 50.7. The molecular weight excluding hydrogens is 356 g/mol. The Balaban J connectivity index is 1.53. The molecule has 0 bridgehead atoms. The number of fused-ring (bicyclic) bond motifs is 5. The zero-order valence-corrected chi connectivity index (χ0v) is 19.9. The molecule has 0 heterocycles. The topological polar surface area (TPSA) is 40.5 Å². The summed E-state index contributed by atoms with van der Waals surface area (Å²) in [6.45, 7) is 12.2. The second-order valence-corrected chi connectivity index (χ2v) is 12.7. The molecule has 0 saturated heterocycles. The third-order valence-corrected chi connectivity index (χ3v) is 11.0. The highest BCUT2D eigenvalue weighted by Gasteiger charge is 2.66. The van der Waals surface area contributed by atoms with E-state index in [2.05, 4.69) is 34.6 Å². The average molecular weight is 405 g/mol.